The second kappa shape index (κ2) is 7.94. The number of benzene rings is 2. The SMILES string of the molecule is COc1ccc(CCCC2(C)CN(Cc3cc(F)cc(F)c3)C(=O)N2)cc1. The van der Waals surface area contributed by atoms with Crippen molar-refractivity contribution in [1.82, 2.24) is 10.2 Å². The molecule has 0 radical (unpaired) electrons. The third kappa shape index (κ3) is 4.96. The summed E-state index contributed by atoms with van der Waals surface area (Å²) in [5.41, 5.74) is 1.32. The monoisotopic (exact) mass is 374 g/mol. The van der Waals surface area contributed by atoms with Gasteiger partial charge in [-0.3, -0.25) is 0 Å². The van der Waals surface area contributed by atoms with Gasteiger partial charge in [-0.1, -0.05) is 12.1 Å². The lowest BCUT2D eigenvalue weighted by Gasteiger charge is -2.23. The van der Waals surface area contributed by atoms with E-state index in [1.165, 1.54) is 17.7 Å². The van der Waals surface area contributed by atoms with Crippen LogP contribution in [0.25, 0.3) is 0 Å². The van der Waals surface area contributed by atoms with E-state index in [4.69, 9.17) is 4.74 Å². The van der Waals surface area contributed by atoms with E-state index in [0.717, 1.165) is 31.1 Å². The Bertz CT molecular complexity index is 790. The molecule has 0 spiro atoms. The van der Waals surface area contributed by atoms with Crippen LogP contribution in [0.4, 0.5) is 13.6 Å². The summed E-state index contributed by atoms with van der Waals surface area (Å²) in [7, 11) is 1.64. The van der Waals surface area contributed by atoms with Crippen molar-refractivity contribution in [3.05, 3.63) is 65.2 Å². The molecule has 0 aliphatic carbocycles. The summed E-state index contributed by atoms with van der Waals surface area (Å²) in [6.07, 6.45) is 2.65. The zero-order chi connectivity index (χ0) is 19.4. The van der Waals surface area contributed by atoms with Gasteiger partial charge in [0, 0.05) is 19.2 Å². The largest absolute Gasteiger partial charge is 0.497 e. The Hall–Kier alpha value is -2.63. The highest BCUT2D eigenvalue weighted by atomic mass is 19.1. The first kappa shape index (κ1) is 19.1. The highest BCUT2D eigenvalue weighted by Crippen LogP contribution is 2.24. The van der Waals surface area contributed by atoms with Crippen molar-refractivity contribution in [3.8, 4) is 5.75 Å². The van der Waals surface area contributed by atoms with Crippen molar-refractivity contribution >= 4 is 6.03 Å². The molecule has 1 aliphatic heterocycles. The molecule has 2 amide bonds. The normalized spacial score (nSPS) is 19.3. The minimum atomic E-state index is -0.633. The summed E-state index contributed by atoms with van der Waals surface area (Å²) in [4.78, 5) is 13.9. The maximum atomic E-state index is 13.4. The van der Waals surface area contributed by atoms with Crippen LogP contribution in [-0.2, 0) is 13.0 Å². The molecule has 2 aromatic rings. The Morgan fingerprint density at radius 2 is 1.78 bits per heavy atom. The number of methoxy groups -OCH3 is 1. The van der Waals surface area contributed by atoms with Gasteiger partial charge in [0.05, 0.1) is 12.6 Å². The smallest absolute Gasteiger partial charge is 0.318 e. The van der Waals surface area contributed by atoms with Crippen LogP contribution in [0, 0.1) is 11.6 Å². The van der Waals surface area contributed by atoms with Crippen molar-refractivity contribution in [2.75, 3.05) is 13.7 Å². The molecular formula is C21H24F2N2O2. The van der Waals surface area contributed by atoms with E-state index >= 15 is 0 Å². The van der Waals surface area contributed by atoms with Crippen molar-refractivity contribution in [2.45, 2.75) is 38.3 Å². The summed E-state index contributed by atoms with van der Waals surface area (Å²) >= 11 is 0. The Labute approximate surface area is 158 Å². The number of ether oxygens (including phenoxy) is 1. The number of halogens is 2. The molecule has 0 aromatic heterocycles. The van der Waals surface area contributed by atoms with Crippen molar-refractivity contribution in [2.24, 2.45) is 0 Å². The molecule has 3 rings (SSSR count). The van der Waals surface area contributed by atoms with Crippen LogP contribution in [0.2, 0.25) is 0 Å². The van der Waals surface area contributed by atoms with Crippen LogP contribution in [-0.4, -0.2) is 30.1 Å². The number of carbonyl (C=O) groups is 1. The fourth-order valence-electron chi connectivity index (χ4n) is 3.54. The van der Waals surface area contributed by atoms with Gasteiger partial charge < -0.3 is 15.0 Å². The van der Waals surface area contributed by atoms with Crippen LogP contribution >= 0.6 is 0 Å². The van der Waals surface area contributed by atoms with E-state index in [9.17, 15) is 13.6 Å². The van der Waals surface area contributed by atoms with Crippen molar-refractivity contribution in [3.63, 3.8) is 0 Å². The van der Waals surface area contributed by atoms with Gasteiger partial charge in [0.25, 0.3) is 0 Å². The van der Waals surface area contributed by atoms with Gasteiger partial charge in [-0.25, -0.2) is 13.6 Å². The lowest BCUT2D eigenvalue weighted by Crippen LogP contribution is -2.40. The van der Waals surface area contributed by atoms with Gasteiger partial charge in [0.2, 0.25) is 0 Å². The molecule has 1 fully saturated rings. The first-order valence-corrected chi connectivity index (χ1v) is 9.02. The van der Waals surface area contributed by atoms with Crippen LogP contribution in [0.3, 0.4) is 0 Å². The van der Waals surface area contributed by atoms with E-state index in [0.29, 0.717) is 12.1 Å². The number of aryl methyl sites for hydroxylation is 1. The molecule has 1 N–H and O–H groups in total. The van der Waals surface area contributed by atoms with Gasteiger partial charge in [-0.15, -0.1) is 0 Å². The van der Waals surface area contributed by atoms with Gasteiger partial charge in [0.15, 0.2) is 0 Å². The van der Waals surface area contributed by atoms with E-state index < -0.39 is 11.6 Å². The number of carbonyl (C=O) groups excluding carboxylic acids is 1. The predicted octanol–water partition coefficient (Wildman–Crippen LogP) is 4.28. The standard InChI is InChI=1S/C21H24F2N2O2/c1-21(9-3-4-15-5-7-19(27-2)8-6-15)14-25(20(26)24-21)13-16-10-17(22)12-18(23)11-16/h5-8,10-12H,3-4,9,13-14H2,1-2H3,(H,24,26). The highest BCUT2D eigenvalue weighted by Gasteiger charge is 2.38. The fraction of sp³-hybridized carbons (Fsp3) is 0.381. The highest BCUT2D eigenvalue weighted by molar-refractivity contribution is 5.77. The number of rotatable bonds is 7. The summed E-state index contributed by atoms with van der Waals surface area (Å²) in [5, 5.41) is 3.01. The molecule has 27 heavy (non-hydrogen) atoms. The lowest BCUT2D eigenvalue weighted by atomic mass is 9.94. The number of nitrogens with one attached hydrogen (secondary N) is 1. The topological polar surface area (TPSA) is 41.6 Å². The molecule has 1 unspecified atom stereocenters. The van der Waals surface area contributed by atoms with Crippen molar-refractivity contribution in [1.29, 1.82) is 0 Å². The number of hydrogen-bond donors (Lipinski definition) is 1. The molecule has 144 valence electrons. The van der Waals surface area contributed by atoms with Crippen LogP contribution in [0.5, 0.6) is 5.75 Å². The molecule has 6 heteroatoms. The molecule has 2 aromatic carbocycles. The maximum absolute atomic E-state index is 13.4. The maximum Gasteiger partial charge on any atom is 0.318 e. The number of urea groups is 1. The number of amides is 2. The van der Waals surface area contributed by atoms with Gasteiger partial charge >= 0.3 is 6.03 Å². The van der Waals surface area contributed by atoms with Gasteiger partial charge in [-0.2, -0.15) is 0 Å². The average Bonchev–Trinajstić information content (AvgIpc) is 2.88. The Balaban J connectivity index is 1.54. The molecule has 4 nitrogen and oxygen atoms in total. The van der Waals surface area contributed by atoms with E-state index in [1.807, 2.05) is 31.2 Å². The number of hydrogen-bond acceptors (Lipinski definition) is 2. The lowest BCUT2D eigenvalue weighted by molar-refractivity contribution is 0.215. The summed E-state index contributed by atoms with van der Waals surface area (Å²) in [6, 6.07) is 11.1. The molecule has 1 aliphatic rings. The summed E-state index contributed by atoms with van der Waals surface area (Å²) in [5.74, 6) is -0.433. The number of nitrogens with zero attached hydrogens (tertiary/aromatic N) is 1. The van der Waals surface area contributed by atoms with E-state index in [1.54, 1.807) is 12.0 Å². The quantitative estimate of drug-likeness (QED) is 0.786. The Kier molecular flexibility index (Phi) is 5.63. The molecular weight excluding hydrogens is 350 g/mol. The second-order valence-corrected chi connectivity index (χ2v) is 7.33. The molecule has 1 saturated heterocycles. The minimum Gasteiger partial charge on any atom is -0.497 e. The minimum absolute atomic E-state index is 0.189. The molecule has 1 heterocycles. The average molecular weight is 374 g/mol. The van der Waals surface area contributed by atoms with E-state index in [2.05, 4.69) is 5.32 Å². The Morgan fingerprint density at radius 3 is 2.41 bits per heavy atom. The van der Waals surface area contributed by atoms with Gasteiger partial charge in [-0.05, 0) is 61.6 Å². The van der Waals surface area contributed by atoms with Crippen LogP contribution in [0.1, 0.15) is 30.9 Å². The predicted molar refractivity (Wildman–Crippen MR) is 99.6 cm³/mol. The Morgan fingerprint density at radius 1 is 1.11 bits per heavy atom. The first-order chi connectivity index (χ1) is 12.9. The van der Waals surface area contributed by atoms with Crippen LogP contribution in [0.15, 0.2) is 42.5 Å². The molecule has 1 atom stereocenters. The molecule has 0 bridgehead atoms. The third-order valence-corrected chi connectivity index (χ3v) is 4.88. The van der Waals surface area contributed by atoms with Crippen molar-refractivity contribution < 1.29 is 18.3 Å². The third-order valence-electron chi connectivity index (χ3n) is 4.88. The van der Waals surface area contributed by atoms with E-state index in [-0.39, 0.29) is 18.1 Å². The first-order valence-electron chi connectivity index (χ1n) is 9.02. The zero-order valence-electron chi connectivity index (χ0n) is 15.6. The summed E-state index contributed by atoms with van der Waals surface area (Å²) in [6.45, 7) is 2.70. The van der Waals surface area contributed by atoms with Gasteiger partial charge in [0.1, 0.15) is 17.4 Å². The fourth-order valence-corrected chi connectivity index (χ4v) is 3.54. The second-order valence-electron chi connectivity index (χ2n) is 7.33. The molecule has 0 saturated carbocycles. The summed E-state index contributed by atoms with van der Waals surface area (Å²) < 4.78 is 31.9. The van der Waals surface area contributed by atoms with Crippen LogP contribution < -0.4 is 10.1 Å². The zero-order valence-corrected chi connectivity index (χ0v) is 15.6.